The number of hydrogen-bond acceptors (Lipinski definition) is 5. The summed E-state index contributed by atoms with van der Waals surface area (Å²) in [6.45, 7) is 2.64. The zero-order valence-electron chi connectivity index (χ0n) is 13.3. The van der Waals surface area contributed by atoms with Gasteiger partial charge in [-0.05, 0) is 38.5 Å². The van der Waals surface area contributed by atoms with E-state index in [0.717, 1.165) is 0 Å². The van der Waals surface area contributed by atoms with Gasteiger partial charge in [0.2, 0.25) is 5.91 Å². The maximum Gasteiger partial charge on any atom is 0.329 e. The van der Waals surface area contributed by atoms with Crippen molar-refractivity contribution >= 4 is 17.8 Å². The number of ether oxygens (including phenoxy) is 1. The smallest absolute Gasteiger partial charge is 0.329 e. The fourth-order valence-electron chi connectivity index (χ4n) is 3.71. The quantitative estimate of drug-likeness (QED) is 0.624. The molecular formula is C15H24N2O6. The highest BCUT2D eigenvalue weighted by atomic mass is 16.5. The van der Waals surface area contributed by atoms with E-state index in [1.165, 1.54) is 4.90 Å². The number of rotatable bonds is 6. The third kappa shape index (κ3) is 3.48. The summed E-state index contributed by atoms with van der Waals surface area (Å²) >= 11 is 0. The van der Waals surface area contributed by atoms with Gasteiger partial charge >= 0.3 is 11.9 Å². The van der Waals surface area contributed by atoms with Crippen LogP contribution in [0.2, 0.25) is 0 Å². The number of carbonyl (C=O) groups is 3. The van der Waals surface area contributed by atoms with Crippen LogP contribution in [0, 0.1) is 5.92 Å². The SMILES string of the molecule is C[C@H](NCC(=O)O)C(=O)N1CCC[C@]1(C(=O)O)C1CCOCC1. The Morgan fingerprint density at radius 1 is 1.30 bits per heavy atom. The van der Waals surface area contributed by atoms with Crippen molar-refractivity contribution in [1.82, 2.24) is 10.2 Å². The highest BCUT2D eigenvalue weighted by molar-refractivity contribution is 5.90. The second-order valence-electron chi connectivity index (χ2n) is 6.21. The molecule has 23 heavy (non-hydrogen) atoms. The van der Waals surface area contributed by atoms with Gasteiger partial charge in [0.05, 0.1) is 12.6 Å². The summed E-state index contributed by atoms with van der Waals surface area (Å²) in [5.41, 5.74) is -1.19. The van der Waals surface area contributed by atoms with E-state index in [-0.39, 0.29) is 18.4 Å². The summed E-state index contributed by atoms with van der Waals surface area (Å²) in [5, 5.41) is 21.2. The zero-order valence-corrected chi connectivity index (χ0v) is 13.3. The standard InChI is InChI=1S/C15H24N2O6/c1-10(16-9-12(18)19)13(20)17-6-2-5-15(17,14(21)22)11-3-7-23-8-4-11/h10-11,16H,2-9H2,1H3,(H,18,19)(H,21,22)/t10-,15+/m0/s1. The summed E-state index contributed by atoms with van der Waals surface area (Å²) in [7, 11) is 0. The number of carbonyl (C=O) groups excluding carboxylic acids is 1. The fourth-order valence-corrected chi connectivity index (χ4v) is 3.71. The predicted octanol–water partition coefficient (Wildman–Crippen LogP) is -0.0785. The van der Waals surface area contributed by atoms with Gasteiger partial charge in [-0.25, -0.2) is 4.79 Å². The molecule has 0 saturated carbocycles. The van der Waals surface area contributed by atoms with Crippen LogP contribution in [0.3, 0.4) is 0 Å². The van der Waals surface area contributed by atoms with Crippen molar-refractivity contribution in [2.75, 3.05) is 26.3 Å². The number of nitrogens with zero attached hydrogens (tertiary/aromatic N) is 1. The van der Waals surface area contributed by atoms with E-state index < -0.39 is 23.5 Å². The number of carboxylic acid groups (broad SMARTS) is 2. The summed E-state index contributed by atoms with van der Waals surface area (Å²) in [4.78, 5) is 36.9. The average molecular weight is 328 g/mol. The van der Waals surface area contributed by atoms with Gasteiger partial charge in [-0.1, -0.05) is 0 Å². The first-order chi connectivity index (χ1) is 10.9. The molecule has 0 aliphatic carbocycles. The molecule has 0 aromatic rings. The third-order valence-corrected chi connectivity index (χ3v) is 4.88. The van der Waals surface area contributed by atoms with E-state index in [0.29, 0.717) is 45.4 Å². The van der Waals surface area contributed by atoms with Gasteiger partial charge in [0, 0.05) is 19.8 Å². The van der Waals surface area contributed by atoms with Gasteiger partial charge < -0.3 is 19.8 Å². The lowest BCUT2D eigenvalue weighted by molar-refractivity contribution is -0.164. The Morgan fingerprint density at radius 3 is 2.52 bits per heavy atom. The number of aliphatic carboxylic acids is 2. The molecule has 1 amide bonds. The Labute approximate surface area is 134 Å². The van der Waals surface area contributed by atoms with Crippen molar-refractivity contribution in [1.29, 1.82) is 0 Å². The van der Waals surface area contributed by atoms with Gasteiger partial charge in [0.15, 0.2) is 0 Å². The van der Waals surface area contributed by atoms with E-state index in [1.54, 1.807) is 6.92 Å². The summed E-state index contributed by atoms with van der Waals surface area (Å²) < 4.78 is 5.32. The number of likely N-dealkylation sites (tertiary alicyclic amines) is 1. The number of carboxylic acids is 2. The highest BCUT2D eigenvalue weighted by Gasteiger charge is 2.55. The largest absolute Gasteiger partial charge is 0.480 e. The molecule has 2 aliphatic heterocycles. The molecule has 8 nitrogen and oxygen atoms in total. The van der Waals surface area contributed by atoms with Crippen LogP contribution in [0.1, 0.15) is 32.6 Å². The van der Waals surface area contributed by atoms with Crippen molar-refractivity contribution in [2.24, 2.45) is 5.92 Å². The first-order valence-electron chi connectivity index (χ1n) is 7.97. The Bertz CT molecular complexity index is 477. The molecule has 130 valence electrons. The van der Waals surface area contributed by atoms with Gasteiger partial charge in [-0.3, -0.25) is 14.9 Å². The lowest BCUT2D eigenvalue weighted by atomic mass is 9.76. The lowest BCUT2D eigenvalue weighted by Gasteiger charge is -2.43. The fraction of sp³-hybridized carbons (Fsp3) is 0.800. The molecule has 0 unspecified atom stereocenters. The van der Waals surface area contributed by atoms with Crippen molar-refractivity contribution in [2.45, 2.75) is 44.2 Å². The number of amides is 1. The molecule has 3 N–H and O–H groups in total. The molecule has 0 aromatic heterocycles. The van der Waals surface area contributed by atoms with Crippen molar-refractivity contribution in [3.05, 3.63) is 0 Å². The molecule has 2 aliphatic rings. The number of hydrogen-bond donors (Lipinski definition) is 3. The van der Waals surface area contributed by atoms with Crippen molar-refractivity contribution in [3.63, 3.8) is 0 Å². The Kier molecular flexibility index (Phi) is 5.59. The molecule has 0 aromatic carbocycles. The second-order valence-corrected chi connectivity index (χ2v) is 6.21. The second kappa shape index (κ2) is 7.27. The van der Waals surface area contributed by atoms with Crippen LogP contribution in [0.15, 0.2) is 0 Å². The highest BCUT2D eigenvalue weighted by Crippen LogP contribution is 2.41. The van der Waals surface area contributed by atoms with E-state index in [9.17, 15) is 19.5 Å². The Balaban J connectivity index is 2.19. The van der Waals surface area contributed by atoms with Crippen LogP contribution in [0.5, 0.6) is 0 Å². The lowest BCUT2D eigenvalue weighted by Crippen LogP contribution is -2.61. The van der Waals surface area contributed by atoms with Crippen molar-refractivity contribution in [3.8, 4) is 0 Å². The molecule has 0 radical (unpaired) electrons. The molecule has 2 saturated heterocycles. The van der Waals surface area contributed by atoms with E-state index in [2.05, 4.69) is 5.32 Å². The molecule has 0 spiro atoms. The predicted molar refractivity (Wildman–Crippen MR) is 80.0 cm³/mol. The van der Waals surface area contributed by atoms with Crippen LogP contribution in [-0.2, 0) is 19.1 Å². The minimum atomic E-state index is -1.19. The first kappa shape index (κ1) is 17.7. The minimum absolute atomic E-state index is 0.133. The number of nitrogens with one attached hydrogen (secondary N) is 1. The maximum absolute atomic E-state index is 12.7. The van der Waals surface area contributed by atoms with Crippen LogP contribution in [-0.4, -0.2) is 70.8 Å². The Hall–Kier alpha value is -1.67. The van der Waals surface area contributed by atoms with E-state index in [1.807, 2.05) is 0 Å². The normalized spacial score (nSPS) is 26.9. The molecule has 2 atom stereocenters. The van der Waals surface area contributed by atoms with Gasteiger partial charge in [-0.15, -0.1) is 0 Å². The zero-order chi connectivity index (χ0) is 17.0. The maximum atomic E-state index is 12.7. The summed E-state index contributed by atoms with van der Waals surface area (Å²) in [5.74, 6) is -2.51. The first-order valence-corrected chi connectivity index (χ1v) is 7.97. The molecule has 0 bridgehead atoms. The molecule has 2 rings (SSSR count). The topological polar surface area (TPSA) is 116 Å². The van der Waals surface area contributed by atoms with Gasteiger partial charge in [-0.2, -0.15) is 0 Å². The molecule has 8 heteroatoms. The van der Waals surface area contributed by atoms with E-state index in [4.69, 9.17) is 9.84 Å². The molecule has 2 heterocycles. The van der Waals surface area contributed by atoms with Crippen LogP contribution in [0.25, 0.3) is 0 Å². The average Bonchev–Trinajstić information content (AvgIpc) is 2.98. The summed E-state index contributed by atoms with van der Waals surface area (Å²) in [6.07, 6.45) is 2.31. The molecular weight excluding hydrogens is 304 g/mol. The van der Waals surface area contributed by atoms with Gasteiger partial charge in [0.25, 0.3) is 0 Å². The minimum Gasteiger partial charge on any atom is -0.480 e. The molecule has 2 fully saturated rings. The van der Waals surface area contributed by atoms with Crippen LogP contribution in [0.4, 0.5) is 0 Å². The summed E-state index contributed by atoms with van der Waals surface area (Å²) in [6, 6.07) is -0.734. The van der Waals surface area contributed by atoms with Crippen LogP contribution >= 0.6 is 0 Å². The van der Waals surface area contributed by atoms with Crippen molar-refractivity contribution < 1.29 is 29.3 Å². The monoisotopic (exact) mass is 328 g/mol. The van der Waals surface area contributed by atoms with E-state index >= 15 is 0 Å². The Morgan fingerprint density at radius 2 is 1.96 bits per heavy atom. The van der Waals surface area contributed by atoms with Crippen LogP contribution < -0.4 is 5.32 Å². The third-order valence-electron chi connectivity index (χ3n) is 4.88. The van der Waals surface area contributed by atoms with Gasteiger partial charge in [0.1, 0.15) is 5.54 Å².